The van der Waals surface area contributed by atoms with Crippen LogP contribution in [-0.4, -0.2) is 25.7 Å². The van der Waals surface area contributed by atoms with Crippen molar-refractivity contribution in [3.05, 3.63) is 23.8 Å². The smallest absolute Gasteiger partial charge is 0.142 e. The third kappa shape index (κ3) is 2.72. The fraction of sp³-hybridized carbons (Fsp3) is 0.571. The summed E-state index contributed by atoms with van der Waals surface area (Å²) in [6.45, 7) is 6.96. The molecule has 1 aromatic rings. The zero-order valence-corrected chi connectivity index (χ0v) is 10.8. The van der Waals surface area contributed by atoms with Gasteiger partial charge in [-0.15, -0.1) is 0 Å². The number of rotatable bonds is 4. The summed E-state index contributed by atoms with van der Waals surface area (Å²) in [7, 11) is 0. The van der Waals surface area contributed by atoms with Gasteiger partial charge in [-0.1, -0.05) is 6.07 Å². The summed E-state index contributed by atoms with van der Waals surface area (Å²) in [4.78, 5) is 2.41. The third-order valence-corrected chi connectivity index (χ3v) is 3.22. The molecule has 1 aliphatic rings. The number of benzene rings is 1. The Kier molecular flexibility index (Phi) is 3.89. The van der Waals surface area contributed by atoms with E-state index in [1.165, 1.54) is 11.3 Å². The first-order chi connectivity index (χ1) is 8.22. The van der Waals surface area contributed by atoms with Crippen LogP contribution in [0, 0.1) is 0 Å². The lowest BCUT2D eigenvalue weighted by Crippen LogP contribution is -2.37. The maximum atomic E-state index is 5.70. The minimum atomic E-state index is 0.516. The van der Waals surface area contributed by atoms with E-state index in [1.54, 1.807) is 0 Å². The van der Waals surface area contributed by atoms with Gasteiger partial charge in [0.2, 0.25) is 0 Å². The standard InChI is InChI=1S/C14H22N2O/c1-11(2)16-8-9-17-14-6-5-12(4-3-7-15)10-13(14)16/h5-6,10-11H,3-4,7-9,15H2,1-2H3. The molecule has 1 heterocycles. The lowest BCUT2D eigenvalue weighted by Gasteiger charge is -2.34. The van der Waals surface area contributed by atoms with Crippen LogP contribution < -0.4 is 15.4 Å². The molecule has 0 bridgehead atoms. The summed E-state index contributed by atoms with van der Waals surface area (Å²) >= 11 is 0. The average molecular weight is 234 g/mol. The summed E-state index contributed by atoms with van der Waals surface area (Å²) in [6, 6.07) is 7.01. The van der Waals surface area contributed by atoms with Crippen molar-refractivity contribution < 1.29 is 4.74 Å². The highest BCUT2D eigenvalue weighted by Crippen LogP contribution is 2.33. The van der Waals surface area contributed by atoms with Crippen molar-refractivity contribution in [2.45, 2.75) is 32.7 Å². The van der Waals surface area contributed by atoms with E-state index in [0.29, 0.717) is 6.04 Å². The number of ether oxygens (including phenoxy) is 1. The fourth-order valence-corrected chi connectivity index (χ4v) is 2.28. The van der Waals surface area contributed by atoms with Gasteiger partial charge in [-0.25, -0.2) is 0 Å². The summed E-state index contributed by atoms with van der Waals surface area (Å²) in [6.07, 6.45) is 2.09. The maximum absolute atomic E-state index is 5.70. The second kappa shape index (κ2) is 5.41. The van der Waals surface area contributed by atoms with Crippen LogP contribution in [0.4, 0.5) is 5.69 Å². The third-order valence-electron chi connectivity index (χ3n) is 3.22. The van der Waals surface area contributed by atoms with E-state index < -0.39 is 0 Å². The van der Waals surface area contributed by atoms with Crippen molar-refractivity contribution in [3.8, 4) is 5.75 Å². The fourth-order valence-electron chi connectivity index (χ4n) is 2.28. The summed E-state index contributed by atoms with van der Waals surface area (Å²) in [5.74, 6) is 1.02. The number of aryl methyl sites for hydroxylation is 1. The highest BCUT2D eigenvalue weighted by Gasteiger charge is 2.20. The molecule has 2 rings (SSSR count). The van der Waals surface area contributed by atoms with Crippen LogP contribution in [0.2, 0.25) is 0 Å². The summed E-state index contributed by atoms with van der Waals surface area (Å²) in [5, 5.41) is 0. The minimum Gasteiger partial charge on any atom is -0.490 e. The van der Waals surface area contributed by atoms with Gasteiger partial charge < -0.3 is 15.4 Å². The molecule has 3 heteroatoms. The number of anilines is 1. The van der Waals surface area contributed by atoms with Crippen molar-refractivity contribution in [1.82, 2.24) is 0 Å². The van der Waals surface area contributed by atoms with Gasteiger partial charge in [0.25, 0.3) is 0 Å². The predicted molar refractivity (Wildman–Crippen MR) is 71.8 cm³/mol. The Morgan fingerprint density at radius 2 is 2.24 bits per heavy atom. The van der Waals surface area contributed by atoms with Crippen LogP contribution in [0.15, 0.2) is 18.2 Å². The zero-order chi connectivity index (χ0) is 12.3. The van der Waals surface area contributed by atoms with Gasteiger partial charge in [0.05, 0.1) is 12.2 Å². The second-order valence-electron chi connectivity index (χ2n) is 4.83. The average Bonchev–Trinajstić information content (AvgIpc) is 2.35. The van der Waals surface area contributed by atoms with Gasteiger partial charge >= 0.3 is 0 Å². The quantitative estimate of drug-likeness (QED) is 0.868. The number of nitrogens with zero attached hydrogens (tertiary/aromatic N) is 1. The first kappa shape index (κ1) is 12.2. The molecule has 0 aliphatic carbocycles. The highest BCUT2D eigenvalue weighted by atomic mass is 16.5. The maximum Gasteiger partial charge on any atom is 0.142 e. The topological polar surface area (TPSA) is 38.5 Å². The molecular formula is C14H22N2O. The van der Waals surface area contributed by atoms with Crippen molar-refractivity contribution in [2.24, 2.45) is 5.73 Å². The molecule has 0 amide bonds. The van der Waals surface area contributed by atoms with E-state index in [1.807, 2.05) is 0 Å². The summed E-state index contributed by atoms with van der Waals surface area (Å²) < 4.78 is 5.70. The predicted octanol–water partition coefficient (Wildman–Crippen LogP) is 2.19. The van der Waals surface area contributed by atoms with Crippen LogP contribution in [0.5, 0.6) is 5.75 Å². The number of hydrogen-bond donors (Lipinski definition) is 1. The van der Waals surface area contributed by atoms with E-state index in [9.17, 15) is 0 Å². The van der Waals surface area contributed by atoms with E-state index in [2.05, 4.69) is 36.9 Å². The van der Waals surface area contributed by atoms with Gasteiger partial charge in [-0.3, -0.25) is 0 Å². The van der Waals surface area contributed by atoms with Crippen LogP contribution >= 0.6 is 0 Å². The molecule has 1 aromatic carbocycles. The molecule has 3 nitrogen and oxygen atoms in total. The molecule has 1 aliphatic heterocycles. The molecule has 0 saturated heterocycles. The zero-order valence-electron chi connectivity index (χ0n) is 10.8. The van der Waals surface area contributed by atoms with Gasteiger partial charge in [0, 0.05) is 6.04 Å². The lowest BCUT2D eigenvalue weighted by molar-refractivity contribution is 0.302. The number of nitrogens with two attached hydrogens (primary N) is 1. The minimum absolute atomic E-state index is 0.516. The molecule has 0 radical (unpaired) electrons. The van der Waals surface area contributed by atoms with E-state index >= 15 is 0 Å². The van der Waals surface area contributed by atoms with Gasteiger partial charge in [-0.2, -0.15) is 0 Å². The Labute approximate surface area is 104 Å². The van der Waals surface area contributed by atoms with Gasteiger partial charge in [0.1, 0.15) is 12.4 Å². The van der Waals surface area contributed by atoms with Crippen molar-refractivity contribution in [1.29, 1.82) is 0 Å². The van der Waals surface area contributed by atoms with Gasteiger partial charge in [0.15, 0.2) is 0 Å². The van der Waals surface area contributed by atoms with Crippen LogP contribution in [-0.2, 0) is 6.42 Å². The molecule has 0 atom stereocenters. The monoisotopic (exact) mass is 234 g/mol. The van der Waals surface area contributed by atoms with Crippen molar-refractivity contribution >= 4 is 5.69 Å². The highest BCUT2D eigenvalue weighted by molar-refractivity contribution is 5.61. The molecule has 94 valence electrons. The first-order valence-electron chi connectivity index (χ1n) is 6.45. The Morgan fingerprint density at radius 1 is 1.41 bits per heavy atom. The summed E-state index contributed by atoms with van der Waals surface area (Å²) in [5.41, 5.74) is 8.14. The molecule has 0 unspecified atom stereocenters. The largest absolute Gasteiger partial charge is 0.490 e. The lowest BCUT2D eigenvalue weighted by atomic mass is 10.1. The molecule has 17 heavy (non-hydrogen) atoms. The Hall–Kier alpha value is -1.22. The number of hydrogen-bond acceptors (Lipinski definition) is 3. The SMILES string of the molecule is CC(C)N1CCOc2ccc(CCCN)cc21. The molecule has 0 aromatic heterocycles. The molecule has 0 spiro atoms. The number of fused-ring (bicyclic) bond motifs is 1. The molecule has 0 fully saturated rings. The van der Waals surface area contributed by atoms with Gasteiger partial charge in [-0.05, 0) is 50.9 Å². The van der Waals surface area contributed by atoms with Crippen LogP contribution in [0.25, 0.3) is 0 Å². The van der Waals surface area contributed by atoms with Crippen molar-refractivity contribution in [3.63, 3.8) is 0 Å². The van der Waals surface area contributed by atoms with Crippen molar-refractivity contribution in [2.75, 3.05) is 24.6 Å². The van der Waals surface area contributed by atoms with Crippen LogP contribution in [0.1, 0.15) is 25.8 Å². The Bertz CT molecular complexity index is 376. The second-order valence-corrected chi connectivity index (χ2v) is 4.83. The molecule has 2 N–H and O–H groups in total. The molecule has 0 saturated carbocycles. The normalized spacial score (nSPS) is 14.7. The van der Waals surface area contributed by atoms with E-state index in [0.717, 1.165) is 38.3 Å². The Morgan fingerprint density at radius 3 is 2.94 bits per heavy atom. The first-order valence-corrected chi connectivity index (χ1v) is 6.45. The van der Waals surface area contributed by atoms with Crippen LogP contribution in [0.3, 0.4) is 0 Å². The van der Waals surface area contributed by atoms with E-state index in [-0.39, 0.29) is 0 Å². The molecular weight excluding hydrogens is 212 g/mol. The Balaban J connectivity index is 2.24. The van der Waals surface area contributed by atoms with E-state index in [4.69, 9.17) is 10.5 Å².